The number of benzene rings is 1. The Labute approximate surface area is 147 Å². The Morgan fingerprint density at radius 3 is 2.60 bits per heavy atom. The molecule has 4 aromatic rings. The van der Waals surface area contributed by atoms with Crippen molar-refractivity contribution >= 4 is 22.8 Å². The lowest BCUT2D eigenvalue weighted by Gasteiger charge is -2.02. The highest BCUT2D eigenvalue weighted by Crippen LogP contribution is 2.19. The summed E-state index contributed by atoms with van der Waals surface area (Å²) < 4.78 is 1.41. The number of hydrogen-bond donors (Lipinski definition) is 2. The monoisotopic (exact) mass is 352 g/mol. The number of fused-ring (bicyclic) bond motifs is 1. The zero-order valence-corrected chi connectivity index (χ0v) is 14.6. The first kappa shape index (κ1) is 15.6. The summed E-state index contributed by atoms with van der Waals surface area (Å²) in [5.74, 6) is 1.05. The van der Waals surface area contributed by atoms with Gasteiger partial charge in [-0.3, -0.25) is 9.89 Å². The first-order valence-electron chi connectivity index (χ1n) is 7.79. The molecule has 0 radical (unpaired) electrons. The normalized spacial score (nSPS) is 11.3. The summed E-state index contributed by atoms with van der Waals surface area (Å²) in [6, 6.07) is 11.2. The van der Waals surface area contributed by atoms with E-state index >= 15 is 0 Å². The van der Waals surface area contributed by atoms with Gasteiger partial charge in [0.15, 0.2) is 5.16 Å². The third-order valence-corrected chi connectivity index (χ3v) is 4.58. The van der Waals surface area contributed by atoms with Gasteiger partial charge in [0.2, 0.25) is 5.95 Å². The molecule has 7 nitrogen and oxygen atoms in total. The molecule has 0 aliphatic rings. The highest BCUT2D eigenvalue weighted by molar-refractivity contribution is 7.98. The predicted molar refractivity (Wildman–Crippen MR) is 97.1 cm³/mol. The minimum Gasteiger partial charge on any atom is -0.322 e. The van der Waals surface area contributed by atoms with Gasteiger partial charge in [-0.2, -0.15) is 4.68 Å². The van der Waals surface area contributed by atoms with Gasteiger partial charge in [0.1, 0.15) is 0 Å². The summed E-state index contributed by atoms with van der Waals surface area (Å²) in [4.78, 5) is 28.7. The molecule has 0 bridgehead atoms. The van der Waals surface area contributed by atoms with E-state index in [0.717, 1.165) is 28.1 Å². The second-order valence-electron chi connectivity index (χ2n) is 5.75. The average molecular weight is 352 g/mol. The van der Waals surface area contributed by atoms with E-state index < -0.39 is 0 Å². The maximum absolute atomic E-state index is 12.3. The van der Waals surface area contributed by atoms with E-state index in [0.29, 0.717) is 16.9 Å². The number of hydrogen-bond acceptors (Lipinski definition) is 5. The molecule has 4 rings (SSSR count). The summed E-state index contributed by atoms with van der Waals surface area (Å²) in [6.45, 7) is 3.89. The topological polar surface area (TPSA) is 92.2 Å². The van der Waals surface area contributed by atoms with Gasteiger partial charge in [-0.1, -0.05) is 23.9 Å². The number of rotatable bonds is 4. The molecule has 25 heavy (non-hydrogen) atoms. The number of imidazole rings is 1. The van der Waals surface area contributed by atoms with Crippen LogP contribution >= 0.6 is 11.8 Å². The lowest BCUT2D eigenvalue weighted by Crippen LogP contribution is -2.14. The van der Waals surface area contributed by atoms with Gasteiger partial charge in [-0.25, -0.2) is 15.0 Å². The van der Waals surface area contributed by atoms with Crippen molar-refractivity contribution in [3.8, 4) is 5.95 Å². The second-order valence-corrected chi connectivity index (χ2v) is 6.70. The Bertz CT molecular complexity index is 1060. The van der Waals surface area contributed by atoms with Gasteiger partial charge in [-0.15, -0.1) is 0 Å². The molecular formula is C17H16N6OS. The van der Waals surface area contributed by atoms with Crippen LogP contribution in [0, 0.1) is 13.8 Å². The Morgan fingerprint density at radius 2 is 1.84 bits per heavy atom. The maximum atomic E-state index is 12.3. The van der Waals surface area contributed by atoms with Crippen LogP contribution in [0.25, 0.3) is 17.0 Å². The molecule has 0 saturated heterocycles. The van der Waals surface area contributed by atoms with Crippen LogP contribution in [0.5, 0.6) is 0 Å². The molecule has 0 saturated carbocycles. The fourth-order valence-electron chi connectivity index (χ4n) is 2.62. The van der Waals surface area contributed by atoms with Crippen molar-refractivity contribution < 1.29 is 0 Å². The molecule has 1 aromatic carbocycles. The Morgan fingerprint density at radius 1 is 1.08 bits per heavy atom. The molecule has 0 aliphatic heterocycles. The van der Waals surface area contributed by atoms with Gasteiger partial charge >= 0.3 is 0 Å². The minimum absolute atomic E-state index is 0.156. The van der Waals surface area contributed by atoms with Gasteiger partial charge in [0.05, 0.1) is 11.0 Å². The van der Waals surface area contributed by atoms with Crippen molar-refractivity contribution in [2.75, 3.05) is 0 Å². The number of aromatic nitrogens is 6. The Hall–Kier alpha value is -2.87. The van der Waals surface area contributed by atoms with Crippen LogP contribution < -0.4 is 5.56 Å². The van der Waals surface area contributed by atoms with E-state index in [1.807, 2.05) is 44.2 Å². The molecule has 3 aromatic heterocycles. The third-order valence-electron chi connectivity index (χ3n) is 3.68. The van der Waals surface area contributed by atoms with Crippen LogP contribution in [-0.2, 0) is 5.75 Å². The molecule has 2 N–H and O–H groups in total. The van der Waals surface area contributed by atoms with Crippen LogP contribution in [-0.4, -0.2) is 29.7 Å². The van der Waals surface area contributed by atoms with Crippen LogP contribution in [0.2, 0.25) is 0 Å². The largest absolute Gasteiger partial charge is 0.322 e. The number of para-hydroxylation sites is 2. The fraction of sp³-hybridized carbons (Fsp3) is 0.176. The summed E-state index contributed by atoms with van der Waals surface area (Å²) in [5.41, 5.74) is 4.21. The lowest BCUT2D eigenvalue weighted by atomic mass is 10.3. The van der Waals surface area contributed by atoms with Crippen molar-refractivity contribution in [2.24, 2.45) is 0 Å². The van der Waals surface area contributed by atoms with Gasteiger partial charge < -0.3 is 4.98 Å². The van der Waals surface area contributed by atoms with E-state index in [4.69, 9.17) is 0 Å². The van der Waals surface area contributed by atoms with Crippen molar-refractivity contribution in [3.05, 3.63) is 63.8 Å². The molecule has 3 heterocycles. The van der Waals surface area contributed by atoms with Crippen LogP contribution in [0.1, 0.15) is 17.1 Å². The minimum atomic E-state index is -0.156. The highest BCUT2D eigenvalue weighted by Gasteiger charge is 2.10. The highest BCUT2D eigenvalue weighted by atomic mass is 32.2. The summed E-state index contributed by atoms with van der Waals surface area (Å²) in [6.07, 6.45) is 0. The number of aryl methyl sites for hydroxylation is 2. The number of aromatic amines is 2. The van der Waals surface area contributed by atoms with E-state index in [-0.39, 0.29) is 5.56 Å². The molecule has 0 amide bonds. The first-order valence-corrected chi connectivity index (χ1v) is 8.78. The van der Waals surface area contributed by atoms with Gasteiger partial charge in [0.25, 0.3) is 5.56 Å². The SMILES string of the molecule is Cc1cc(C)nc(SCc2cc(=O)n(-c3nc4ccccc4[nH]3)[nH]2)n1. The van der Waals surface area contributed by atoms with Crippen LogP contribution in [0.3, 0.4) is 0 Å². The van der Waals surface area contributed by atoms with Crippen molar-refractivity contribution in [2.45, 2.75) is 24.8 Å². The molecule has 0 atom stereocenters. The third kappa shape index (κ3) is 3.20. The zero-order chi connectivity index (χ0) is 17.4. The Balaban J connectivity index is 1.58. The molecule has 0 unspecified atom stereocenters. The molecular weight excluding hydrogens is 336 g/mol. The van der Waals surface area contributed by atoms with Crippen LogP contribution in [0.4, 0.5) is 0 Å². The average Bonchev–Trinajstić information content (AvgIpc) is 3.15. The van der Waals surface area contributed by atoms with E-state index in [1.165, 1.54) is 16.4 Å². The molecule has 0 fully saturated rings. The number of nitrogens with one attached hydrogen (secondary N) is 2. The standard InChI is InChI=1S/C17H16N6OS/c1-10-7-11(2)19-17(18-10)25-9-12-8-15(24)23(22-12)16-20-13-5-3-4-6-14(13)21-16/h3-8,22H,9H2,1-2H3,(H,20,21). The second kappa shape index (κ2) is 6.21. The molecule has 8 heteroatoms. The number of H-pyrrole nitrogens is 2. The van der Waals surface area contributed by atoms with Crippen molar-refractivity contribution in [3.63, 3.8) is 0 Å². The van der Waals surface area contributed by atoms with E-state index in [1.54, 1.807) is 6.07 Å². The van der Waals surface area contributed by atoms with Crippen molar-refractivity contribution in [1.29, 1.82) is 0 Å². The number of thioether (sulfide) groups is 1. The summed E-state index contributed by atoms with van der Waals surface area (Å²) in [7, 11) is 0. The van der Waals surface area contributed by atoms with Crippen LogP contribution in [0.15, 0.2) is 46.3 Å². The smallest absolute Gasteiger partial charge is 0.274 e. The van der Waals surface area contributed by atoms with E-state index in [9.17, 15) is 4.79 Å². The fourth-order valence-corrected chi connectivity index (χ4v) is 3.47. The predicted octanol–water partition coefficient (Wildman–Crippen LogP) is 2.74. The van der Waals surface area contributed by atoms with E-state index in [2.05, 4.69) is 25.0 Å². The summed E-state index contributed by atoms with van der Waals surface area (Å²) in [5, 5.41) is 3.80. The molecule has 0 aliphatic carbocycles. The van der Waals surface area contributed by atoms with Crippen molar-refractivity contribution in [1.82, 2.24) is 29.7 Å². The quantitative estimate of drug-likeness (QED) is 0.435. The lowest BCUT2D eigenvalue weighted by molar-refractivity contribution is 0.789. The van der Waals surface area contributed by atoms with Gasteiger partial charge in [-0.05, 0) is 32.0 Å². The molecule has 0 spiro atoms. The summed E-state index contributed by atoms with van der Waals surface area (Å²) >= 11 is 1.49. The maximum Gasteiger partial charge on any atom is 0.274 e. The Kier molecular flexibility index (Phi) is 3.89. The first-order chi connectivity index (χ1) is 12.1. The van der Waals surface area contributed by atoms with Gasteiger partial charge in [0, 0.05) is 28.9 Å². The number of nitrogens with zero attached hydrogens (tertiary/aromatic N) is 4. The zero-order valence-electron chi connectivity index (χ0n) is 13.8. The molecule has 126 valence electrons.